The number of rotatable bonds is 3. The van der Waals surface area contributed by atoms with E-state index in [1.54, 1.807) is 0 Å². The first-order valence-electron chi connectivity index (χ1n) is 7.08. The summed E-state index contributed by atoms with van der Waals surface area (Å²) >= 11 is 0. The number of unbranched alkanes of at least 4 members (excludes halogenated alkanes) is 1. The fraction of sp³-hybridized carbons (Fsp3) is 1.00. The van der Waals surface area contributed by atoms with E-state index in [0.29, 0.717) is 11.1 Å². The van der Waals surface area contributed by atoms with Crippen LogP contribution < -0.4 is 5.32 Å². The van der Waals surface area contributed by atoms with E-state index in [2.05, 4.69) is 31.0 Å². The zero-order valence-corrected chi connectivity index (χ0v) is 11.3. The van der Waals surface area contributed by atoms with Crippen LogP contribution in [0.2, 0.25) is 0 Å². The zero-order chi connectivity index (χ0) is 11.6. The van der Waals surface area contributed by atoms with Crippen LogP contribution in [0.3, 0.4) is 0 Å². The topological polar surface area (TPSA) is 15.3 Å². The van der Waals surface area contributed by atoms with Gasteiger partial charge in [-0.2, -0.15) is 0 Å². The van der Waals surface area contributed by atoms with Gasteiger partial charge in [0.05, 0.1) is 0 Å². The minimum absolute atomic E-state index is 0.307. The zero-order valence-electron chi connectivity index (χ0n) is 11.3. The average Bonchev–Trinajstić information content (AvgIpc) is 2.70. The third kappa shape index (κ3) is 2.43. The van der Waals surface area contributed by atoms with Crippen molar-refractivity contribution in [3.63, 3.8) is 0 Å². The summed E-state index contributed by atoms with van der Waals surface area (Å²) in [5.74, 6) is 0. The number of piperazine rings is 1. The van der Waals surface area contributed by atoms with Gasteiger partial charge in [0.2, 0.25) is 0 Å². The molecular formula is C14H28N2. The van der Waals surface area contributed by atoms with Gasteiger partial charge in [-0.05, 0) is 39.7 Å². The lowest BCUT2D eigenvalue weighted by Crippen LogP contribution is -2.67. The van der Waals surface area contributed by atoms with E-state index in [4.69, 9.17) is 0 Å². The van der Waals surface area contributed by atoms with E-state index < -0.39 is 0 Å². The van der Waals surface area contributed by atoms with E-state index >= 15 is 0 Å². The molecule has 1 N–H and O–H groups in total. The Kier molecular flexibility index (Phi) is 3.60. The maximum Gasteiger partial charge on any atom is 0.0334 e. The molecule has 0 aromatic rings. The maximum atomic E-state index is 3.76. The van der Waals surface area contributed by atoms with Crippen molar-refractivity contribution in [1.82, 2.24) is 10.2 Å². The summed E-state index contributed by atoms with van der Waals surface area (Å²) in [5.41, 5.74) is 0.826. The van der Waals surface area contributed by atoms with Crippen LogP contribution in [0, 0.1) is 0 Å². The summed E-state index contributed by atoms with van der Waals surface area (Å²) in [6, 6.07) is 0. The lowest BCUT2D eigenvalue weighted by molar-refractivity contribution is 0.0180. The number of nitrogens with zero attached hydrogens (tertiary/aromatic N) is 1. The molecule has 1 saturated heterocycles. The summed E-state index contributed by atoms with van der Waals surface area (Å²) < 4.78 is 0. The lowest BCUT2D eigenvalue weighted by atomic mass is 9.87. The van der Waals surface area contributed by atoms with Gasteiger partial charge in [-0.3, -0.25) is 4.90 Å². The molecule has 0 amide bonds. The van der Waals surface area contributed by atoms with Crippen molar-refractivity contribution in [2.24, 2.45) is 0 Å². The monoisotopic (exact) mass is 224 g/mol. The van der Waals surface area contributed by atoms with Crippen molar-refractivity contribution in [3.8, 4) is 0 Å². The number of hydrogen-bond donors (Lipinski definition) is 1. The highest BCUT2D eigenvalue weighted by molar-refractivity contribution is 5.04. The number of hydrogen-bond acceptors (Lipinski definition) is 2. The molecule has 1 saturated carbocycles. The van der Waals surface area contributed by atoms with Gasteiger partial charge in [-0.1, -0.05) is 26.2 Å². The second kappa shape index (κ2) is 4.66. The summed E-state index contributed by atoms with van der Waals surface area (Å²) in [7, 11) is 0. The Hall–Kier alpha value is -0.0800. The molecule has 1 heterocycles. The first-order valence-corrected chi connectivity index (χ1v) is 7.08. The molecule has 0 bridgehead atoms. The summed E-state index contributed by atoms with van der Waals surface area (Å²) in [6.07, 6.45) is 8.38. The van der Waals surface area contributed by atoms with Gasteiger partial charge < -0.3 is 5.32 Å². The van der Waals surface area contributed by atoms with Crippen molar-refractivity contribution in [2.45, 2.75) is 70.4 Å². The van der Waals surface area contributed by atoms with Crippen LogP contribution in [0.25, 0.3) is 0 Å². The summed E-state index contributed by atoms with van der Waals surface area (Å²) in [6.45, 7) is 10.7. The first kappa shape index (κ1) is 12.4. The molecular weight excluding hydrogens is 196 g/mol. The van der Waals surface area contributed by atoms with Gasteiger partial charge >= 0.3 is 0 Å². The molecule has 0 radical (unpaired) electrons. The van der Waals surface area contributed by atoms with Crippen LogP contribution in [0.15, 0.2) is 0 Å². The molecule has 2 nitrogen and oxygen atoms in total. The lowest BCUT2D eigenvalue weighted by Gasteiger charge is -2.51. The fourth-order valence-corrected chi connectivity index (χ4v) is 3.41. The molecule has 94 valence electrons. The molecule has 2 fully saturated rings. The van der Waals surface area contributed by atoms with E-state index in [9.17, 15) is 0 Å². The van der Waals surface area contributed by atoms with E-state index in [0.717, 1.165) is 0 Å². The van der Waals surface area contributed by atoms with Crippen LogP contribution in [0.1, 0.15) is 59.3 Å². The van der Waals surface area contributed by atoms with E-state index in [1.165, 1.54) is 58.2 Å². The Bertz CT molecular complexity index is 229. The SMILES string of the molecule is CCCCN1CC(C)(C)NCC12CCCC2. The Morgan fingerprint density at radius 2 is 1.88 bits per heavy atom. The van der Waals surface area contributed by atoms with Gasteiger partial charge in [0.25, 0.3) is 0 Å². The van der Waals surface area contributed by atoms with Crippen LogP contribution in [-0.4, -0.2) is 35.6 Å². The minimum atomic E-state index is 0.307. The highest BCUT2D eigenvalue weighted by Gasteiger charge is 2.44. The quantitative estimate of drug-likeness (QED) is 0.793. The molecule has 0 unspecified atom stereocenters. The van der Waals surface area contributed by atoms with E-state index in [-0.39, 0.29) is 0 Å². The molecule has 2 aliphatic rings. The second-order valence-electron chi connectivity index (χ2n) is 6.44. The van der Waals surface area contributed by atoms with Crippen molar-refractivity contribution in [2.75, 3.05) is 19.6 Å². The van der Waals surface area contributed by atoms with E-state index in [1.807, 2.05) is 0 Å². The molecule has 1 spiro atoms. The smallest absolute Gasteiger partial charge is 0.0334 e. The fourth-order valence-electron chi connectivity index (χ4n) is 3.41. The molecule has 16 heavy (non-hydrogen) atoms. The molecule has 2 rings (SSSR count). The largest absolute Gasteiger partial charge is 0.309 e. The maximum absolute atomic E-state index is 3.76. The second-order valence-corrected chi connectivity index (χ2v) is 6.44. The Morgan fingerprint density at radius 3 is 2.50 bits per heavy atom. The third-order valence-corrected chi connectivity index (χ3v) is 4.47. The minimum Gasteiger partial charge on any atom is -0.309 e. The molecule has 0 atom stereocenters. The molecule has 0 aromatic heterocycles. The van der Waals surface area contributed by atoms with Crippen LogP contribution in [0.5, 0.6) is 0 Å². The van der Waals surface area contributed by atoms with Gasteiger partial charge in [0, 0.05) is 24.2 Å². The third-order valence-electron chi connectivity index (χ3n) is 4.47. The van der Waals surface area contributed by atoms with Crippen LogP contribution in [-0.2, 0) is 0 Å². The Labute approximate surface area is 101 Å². The van der Waals surface area contributed by atoms with Crippen LogP contribution in [0.4, 0.5) is 0 Å². The van der Waals surface area contributed by atoms with Crippen molar-refractivity contribution in [3.05, 3.63) is 0 Å². The predicted molar refractivity (Wildman–Crippen MR) is 69.8 cm³/mol. The molecule has 1 aliphatic heterocycles. The predicted octanol–water partition coefficient (Wildman–Crippen LogP) is 2.78. The van der Waals surface area contributed by atoms with Gasteiger partial charge in [0.1, 0.15) is 0 Å². The van der Waals surface area contributed by atoms with Crippen molar-refractivity contribution < 1.29 is 0 Å². The van der Waals surface area contributed by atoms with Gasteiger partial charge in [-0.25, -0.2) is 0 Å². The van der Waals surface area contributed by atoms with Gasteiger partial charge in [-0.15, -0.1) is 0 Å². The standard InChI is InChI=1S/C14H28N2/c1-4-5-10-16-12-13(2,3)15-11-14(16)8-6-7-9-14/h15H,4-12H2,1-3H3. The Balaban J connectivity index is 2.05. The average molecular weight is 224 g/mol. The molecule has 0 aromatic carbocycles. The summed E-state index contributed by atoms with van der Waals surface area (Å²) in [4.78, 5) is 2.81. The highest BCUT2D eigenvalue weighted by atomic mass is 15.3. The van der Waals surface area contributed by atoms with Gasteiger partial charge in [0.15, 0.2) is 0 Å². The van der Waals surface area contributed by atoms with Crippen molar-refractivity contribution in [1.29, 1.82) is 0 Å². The summed E-state index contributed by atoms with van der Waals surface area (Å²) in [5, 5.41) is 3.76. The van der Waals surface area contributed by atoms with Crippen molar-refractivity contribution >= 4 is 0 Å². The van der Waals surface area contributed by atoms with Crippen LogP contribution >= 0.6 is 0 Å². The first-order chi connectivity index (χ1) is 7.58. The number of nitrogens with one attached hydrogen (secondary N) is 1. The Morgan fingerprint density at radius 1 is 1.19 bits per heavy atom. The molecule has 2 heteroatoms. The molecule has 1 aliphatic carbocycles. The normalized spacial score (nSPS) is 28.7. The highest BCUT2D eigenvalue weighted by Crippen LogP contribution is 2.38.